The van der Waals surface area contributed by atoms with Crippen molar-refractivity contribution in [2.24, 2.45) is 0 Å². The number of anilines is 2. The fourth-order valence-electron chi connectivity index (χ4n) is 2.95. The highest BCUT2D eigenvalue weighted by Crippen LogP contribution is 2.32. The number of halogens is 3. The Morgan fingerprint density at radius 2 is 1.34 bits per heavy atom. The van der Waals surface area contributed by atoms with Crippen LogP contribution in [0.1, 0.15) is 20.9 Å². The summed E-state index contributed by atoms with van der Waals surface area (Å²) in [6, 6.07) is 21.6. The molecule has 0 aliphatic rings. The number of rotatable bonds is 5. The highest BCUT2D eigenvalue weighted by atomic mass is 35.5. The zero-order valence-corrected chi connectivity index (χ0v) is 18.6. The second-order valence-electron chi connectivity index (χ2n) is 6.78. The SMILES string of the molecule is O=C(Nc1ccc(NC(=O)c2ccc(-c3cc(Cl)ccc3Cl)o2)cc1)c1cccc(Cl)c1. The van der Waals surface area contributed by atoms with Gasteiger partial charge in [0.2, 0.25) is 0 Å². The number of carbonyl (C=O) groups is 2. The molecule has 0 aliphatic heterocycles. The molecular formula is C24H15Cl3N2O3. The quantitative estimate of drug-likeness (QED) is 0.309. The Morgan fingerprint density at radius 1 is 0.688 bits per heavy atom. The molecule has 4 aromatic rings. The van der Waals surface area contributed by atoms with Crippen LogP contribution in [0, 0.1) is 0 Å². The Morgan fingerprint density at radius 3 is 2.03 bits per heavy atom. The van der Waals surface area contributed by atoms with Crippen LogP contribution in [0.4, 0.5) is 11.4 Å². The van der Waals surface area contributed by atoms with E-state index in [0.717, 1.165) is 0 Å². The van der Waals surface area contributed by atoms with Gasteiger partial charge in [0.1, 0.15) is 5.76 Å². The van der Waals surface area contributed by atoms with E-state index in [4.69, 9.17) is 39.2 Å². The number of hydrogen-bond donors (Lipinski definition) is 2. The zero-order chi connectivity index (χ0) is 22.7. The molecule has 32 heavy (non-hydrogen) atoms. The van der Waals surface area contributed by atoms with Gasteiger partial charge in [0, 0.05) is 32.5 Å². The van der Waals surface area contributed by atoms with E-state index in [2.05, 4.69) is 10.6 Å². The molecule has 0 aliphatic carbocycles. The van der Waals surface area contributed by atoms with Crippen molar-refractivity contribution in [3.05, 3.63) is 105 Å². The van der Waals surface area contributed by atoms with Crippen LogP contribution in [0.3, 0.4) is 0 Å². The van der Waals surface area contributed by atoms with Crippen molar-refractivity contribution < 1.29 is 14.0 Å². The van der Waals surface area contributed by atoms with Crippen LogP contribution >= 0.6 is 34.8 Å². The van der Waals surface area contributed by atoms with Crippen LogP contribution in [-0.2, 0) is 0 Å². The predicted octanol–water partition coefficient (Wildman–Crippen LogP) is 7.41. The Balaban J connectivity index is 1.41. The number of nitrogens with one attached hydrogen (secondary N) is 2. The maximum atomic E-state index is 12.5. The topological polar surface area (TPSA) is 71.3 Å². The highest BCUT2D eigenvalue weighted by Gasteiger charge is 2.15. The molecule has 0 saturated carbocycles. The smallest absolute Gasteiger partial charge is 0.291 e. The van der Waals surface area contributed by atoms with Gasteiger partial charge in [-0.15, -0.1) is 0 Å². The summed E-state index contributed by atoms with van der Waals surface area (Å²) in [4.78, 5) is 24.9. The third kappa shape index (κ3) is 5.14. The molecule has 5 nitrogen and oxygen atoms in total. The summed E-state index contributed by atoms with van der Waals surface area (Å²) < 4.78 is 5.65. The lowest BCUT2D eigenvalue weighted by molar-refractivity contribution is 0.0995. The molecule has 8 heteroatoms. The first-order chi connectivity index (χ1) is 15.4. The summed E-state index contributed by atoms with van der Waals surface area (Å²) in [5.74, 6) is -0.159. The molecule has 160 valence electrons. The molecule has 4 rings (SSSR count). The predicted molar refractivity (Wildman–Crippen MR) is 128 cm³/mol. The Labute approximate surface area is 198 Å². The Bertz CT molecular complexity index is 1300. The first-order valence-corrected chi connectivity index (χ1v) is 10.6. The molecule has 0 unspecified atom stereocenters. The maximum Gasteiger partial charge on any atom is 0.291 e. The van der Waals surface area contributed by atoms with Crippen molar-refractivity contribution in [2.75, 3.05) is 10.6 Å². The fourth-order valence-corrected chi connectivity index (χ4v) is 3.53. The van der Waals surface area contributed by atoms with Crippen LogP contribution in [-0.4, -0.2) is 11.8 Å². The molecule has 1 heterocycles. The van der Waals surface area contributed by atoms with Crippen LogP contribution in [0.5, 0.6) is 0 Å². The van der Waals surface area contributed by atoms with E-state index in [9.17, 15) is 9.59 Å². The molecular weight excluding hydrogens is 471 g/mol. The van der Waals surface area contributed by atoms with Crippen LogP contribution < -0.4 is 10.6 Å². The number of carbonyl (C=O) groups excluding carboxylic acids is 2. The van der Waals surface area contributed by atoms with Gasteiger partial charge >= 0.3 is 0 Å². The molecule has 0 spiro atoms. The van der Waals surface area contributed by atoms with Gasteiger partial charge < -0.3 is 15.1 Å². The van der Waals surface area contributed by atoms with Gasteiger partial charge in [-0.05, 0) is 72.8 Å². The van der Waals surface area contributed by atoms with E-state index in [0.29, 0.717) is 43.3 Å². The maximum absolute atomic E-state index is 12.5. The van der Waals surface area contributed by atoms with E-state index < -0.39 is 5.91 Å². The van der Waals surface area contributed by atoms with Gasteiger partial charge in [0.25, 0.3) is 11.8 Å². The number of furan rings is 1. The van der Waals surface area contributed by atoms with Crippen molar-refractivity contribution in [1.82, 2.24) is 0 Å². The van der Waals surface area contributed by atoms with E-state index in [1.165, 1.54) is 0 Å². The lowest BCUT2D eigenvalue weighted by atomic mass is 10.2. The third-order valence-corrected chi connectivity index (χ3v) is 5.31. The summed E-state index contributed by atoms with van der Waals surface area (Å²) in [5.41, 5.74) is 2.15. The number of benzene rings is 3. The van der Waals surface area contributed by atoms with Crippen LogP contribution in [0.2, 0.25) is 15.1 Å². The largest absolute Gasteiger partial charge is 0.451 e. The normalized spacial score (nSPS) is 10.6. The molecule has 0 atom stereocenters. The first kappa shape index (κ1) is 22.0. The summed E-state index contributed by atoms with van der Waals surface area (Å²) in [7, 11) is 0. The van der Waals surface area contributed by atoms with Gasteiger partial charge in [0.15, 0.2) is 5.76 Å². The molecule has 2 N–H and O–H groups in total. The van der Waals surface area contributed by atoms with E-state index in [1.54, 1.807) is 78.9 Å². The second-order valence-corrected chi connectivity index (χ2v) is 8.06. The monoisotopic (exact) mass is 484 g/mol. The van der Waals surface area contributed by atoms with Crippen molar-refractivity contribution in [2.45, 2.75) is 0 Å². The van der Waals surface area contributed by atoms with Gasteiger partial charge in [-0.3, -0.25) is 9.59 Å². The van der Waals surface area contributed by atoms with E-state index in [-0.39, 0.29) is 11.7 Å². The van der Waals surface area contributed by atoms with E-state index in [1.807, 2.05) is 0 Å². The fraction of sp³-hybridized carbons (Fsp3) is 0. The lowest BCUT2D eigenvalue weighted by Gasteiger charge is -2.08. The molecule has 0 bridgehead atoms. The molecule has 3 aromatic carbocycles. The Kier molecular flexibility index (Phi) is 6.51. The molecule has 0 fully saturated rings. The van der Waals surface area contributed by atoms with Crippen LogP contribution in [0.15, 0.2) is 83.3 Å². The molecule has 2 amide bonds. The van der Waals surface area contributed by atoms with Crippen LogP contribution in [0.25, 0.3) is 11.3 Å². The van der Waals surface area contributed by atoms with Crippen molar-refractivity contribution >= 4 is 58.0 Å². The lowest BCUT2D eigenvalue weighted by Crippen LogP contribution is -2.12. The summed E-state index contributed by atoms with van der Waals surface area (Å²) >= 11 is 18.1. The first-order valence-electron chi connectivity index (χ1n) is 9.42. The zero-order valence-electron chi connectivity index (χ0n) is 16.4. The highest BCUT2D eigenvalue weighted by molar-refractivity contribution is 6.35. The number of amides is 2. The minimum absolute atomic E-state index is 0.120. The Hall–Kier alpha value is -3.25. The average molecular weight is 486 g/mol. The summed E-state index contributed by atoms with van der Waals surface area (Å²) in [5, 5.41) is 6.98. The average Bonchev–Trinajstić information content (AvgIpc) is 3.27. The minimum atomic E-state index is -0.426. The second kappa shape index (κ2) is 9.49. The van der Waals surface area contributed by atoms with Gasteiger partial charge in [-0.25, -0.2) is 0 Å². The molecule has 0 saturated heterocycles. The molecule has 1 aromatic heterocycles. The van der Waals surface area contributed by atoms with Crippen molar-refractivity contribution in [3.63, 3.8) is 0 Å². The van der Waals surface area contributed by atoms with Gasteiger partial charge in [0.05, 0.1) is 5.02 Å². The van der Waals surface area contributed by atoms with Crippen molar-refractivity contribution in [3.8, 4) is 11.3 Å². The van der Waals surface area contributed by atoms with Crippen molar-refractivity contribution in [1.29, 1.82) is 0 Å². The minimum Gasteiger partial charge on any atom is -0.451 e. The van der Waals surface area contributed by atoms with Gasteiger partial charge in [-0.1, -0.05) is 40.9 Å². The van der Waals surface area contributed by atoms with Gasteiger partial charge in [-0.2, -0.15) is 0 Å². The third-order valence-electron chi connectivity index (χ3n) is 4.51. The number of hydrogen-bond acceptors (Lipinski definition) is 3. The summed E-state index contributed by atoms with van der Waals surface area (Å²) in [6.45, 7) is 0. The van der Waals surface area contributed by atoms with E-state index >= 15 is 0 Å². The summed E-state index contributed by atoms with van der Waals surface area (Å²) in [6.07, 6.45) is 0. The molecule has 0 radical (unpaired) electrons. The standard InChI is InChI=1S/C24H15Cl3N2O3/c25-15-3-1-2-14(12-15)23(30)28-17-5-7-18(8-6-17)29-24(31)22-11-10-21(32-22)19-13-16(26)4-9-20(19)27/h1-13H,(H,28,30)(H,29,31).